The van der Waals surface area contributed by atoms with Crippen LogP contribution >= 0.6 is 0 Å². The molecule has 8 heteroatoms. The van der Waals surface area contributed by atoms with Crippen LogP contribution in [0.15, 0.2) is 4.52 Å². The Balaban J connectivity index is 1.67. The number of carbonyl (C=O) groups is 1. The fourth-order valence-corrected chi connectivity index (χ4v) is 3.98. The molecule has 140 valence electrons. The number of piperazine rings is 1. The Morgan fingerprint density at radius 1 is 1.28 bits per heavy atom. The maximum absolute atomic E-state index is 12.3. The van der Waals surface area contributed by atoms with E-state index in [0.29, 0.717) is 31.3 Å². The van der Waals surface area contributed by atoms with Gasteiger partial charge in [-0.15, -0.1) is 0 Å². The van der Waals surface area contributed by atoms with E-state index in [1.54, 1.807) is 7.11 Å². The van der Waals surface area contributed by atoms with Crippen LogP contribution in [0.3, 0.4) is 0 Å². The maximum Gasteiger partial charge on any atom is 0.240 e. The van der Waals surface area contributed by atoms with Crippen LogP contribution in [0.25, 0.3) is 0 Å². The number of hydrogen-bond acceptors (Lipinski definition) is 7. The number of likely N-dealkylation sites (N-methyl/N-ethyl adjacent to an activating group) is 1. The van der Waals surface area contributed by atoms with Gasteiger partial charge in [0.25, 0.3) is 0 Å². The average molecular weight is 351 g/mol. The third-order valence-electron chi connectivity index (χ3n) is 5.61. The summed E-state index contributed by atoms with van der Waals surface area (Å²) in [5.41, 5.74) is 0.0488. The monoisotopic (exact) mass is 351 g/mol. The van der Waals surface area contributed by atoms with Crippen LogP contribution in [0.5, 0.6) is 0 Å². The molecule has 1 aromatic heterocycles. The highest BCUT2D eigenvalue weighted by Crippen LogP contribution is 2.32. The summed E-state index contributed by atoms with van der Waals surface area (Å²) >= 11 is 0. The second kappa shape index (κ2) is 7.80. The van der Waals surface area contributed by atoms with Gasteiger partial charge in [-0.1, -0.05) is 5.16 Å². The van der Waals surface area contributed by atoms with E-state index in [0.717, 1.165) is 45.6 Å². The molecule has 0 aromatic carbocycles. The molecule has 2 aliphatic rings. The fourth-order valence-electron chi connectivity index (χ4n) is 3.98. The van der Waals surface area contributed by atoms with Crippen LogP contribution < -0.4 is 0 Å². The molecule has 1 atom stereocenters. The Labute approximate surface area is 149 Å². The molecule has 8 nitrogen and oxygen atoms in total. The summed E-state index contributed by atoms with van der Waals surface area (Å²) in [6, 6.07) is 0. The summed E-state index contributed by atoms with van der Waals surface area (Å²) in [6.45, 7) is 7.59. The van der Waals surface area contributed by atoms with Gasteiger partial charge in [0.2, 0.25) is 11.8 Å². The summed E-state index contributed by atoms with van der Waals surface area (Å²) in [5.74, 6) is 1.50. The number of nitrogens with zero attached hydrogens (tertiary/aromatic N) is 5. The highest BCUT2D eigenvalue weighted by molar-refractivity contribution is 5.76. The Bertz CT molecular complexity index is 593. The first-order valence-electron chi connectivity index (χ1n) is 9.08. The van der Waals surface area contributed by atoms with Crippen LogP contribution in [0.1, 0.15) is 37.9 Å². The van der Waals surface area contributed by atoms with Crippen molar-refractivity contribution in [2.75, 3.05) is 46.9 Å². The summed E-state index contributed by atoms with van der Waals surface area (Å²) in [4.78, 5) is 23.4. The minimum atomic E-state index is 0.0488. The predicted molar refractivity (Wildman–Crippen MR) is 91.8 cm³/mol. The number of hydrogen-bond donors (Lipinski definition) is 0. The fraction of sp³-hybridized carbons (Fsp3) is 0.824. The minimum Gasteiger partial charge on any atom is -0.377 e. The highest BCUT2D eigenvalue weighted by atomic mass is 16.5. The number of rotatable bonds is 5. The molecular formula is C17H29N5O3. The van der Waals surface area contributed by atoms with Gasteiger partial charge in [-0.3, -0.25) is 14.6 Å². The van der Waals surface area contributed by atoms with E-state index in [4.69, 9.17) is 9.26 Å². The van der Waals surface area contributed by atoms with Crippen LogP contribution in [-0.2, 0) is 22.7 Å². The lowest BCUT2D eigenvalue weighted by Crippen LogP contribution is -2.60. The van der Waals surface area contributed by atoms with Gasteiger partial charge in [-0.2, -0.15) is 4.98 Å². The molecule has 1 spiro atoms. The molecule has 0 radical (unpaired) electrons. The summed E-state index contributed by atoms with van der Waals surface area (Å²) in [7, 11) is 3.81. The Morgan fingerprint density at radius 3 is 2.88 bits per heavy atom. The van der Waals surface area contributed by atoms with E-state index in [1.807, 2.05) is 4.90 Å². The van der Waals surface area contributed by atoms with Crippen molar-refractivity contribution >= 4 is 5.91 Å². The SMILES string of the molecule is CCN1CC[C@@]2(CCC1=O)CN(Cc1nc(COC)no1)CCN2C. The molecule has 2 aliphatic heterocycles. The average Bonchev–Trinajstić information content (AvgIpc) is 2.97. The first kappa shape index (κ1) is 18.3. The zero-order valence-corrected chi connectivity index (χ0v) is 15.5. The van der Waals surface area contributed by atoms with Gasteiger partial charge in [-0.25, -0.2) is 0 Å². The van der Waals surface area contributed by atoms with Crippen molar-refractivity contribution in [1.29, 1.82) is 0 Å². The van der Waals surface area contributed by atoms with Gasteiger partial charge < -0.3 is 14.2 Å². The summed E-state index contributed by atoms with van der Waals surface area (Å²) in [5, 5.41) is 3.94. The Hall–Kier alpha value is -1.51. The second-order valence-electron chi connectivity index (χ2n) is 7.12. The standard InChI is InChI=1S/C17H29N5O3/c1-4-22-8-7-17(6-5-16(22)23)13-21(10-9-20(17)2)11-15-18-14(12-24-3)19-25-15/h4-13H2,1-3H3/t17-/m0/s1. The lowest BCUT2D eigenvalue weighted by Gasteiger charge is -2.49. The number of aromatic nitrogens is 2. The third-order valence-corrected chi connectivity index (χ3v) is 5.61. The van der Waals surface area contributed by atoms with Crippen molar-refractivity contribution in [2.24, 2.45) is 0 Å². The van der Waals surface area contributed by atoms with Gasteiger partial charge >= 0.3 is 0 Å². The minimum absolute atomic E-state index is 0.0488. The zero-order chi connectivity index (χ0) is 17.9. The third kappa shape index (κ3) is 4.02. The normalized spacial score (nSPS) is 26.4. The van der Waals surface area contributed by atoms with Gasteiger partial charge in [0.1, 0.15) is 6.61 Å². The number of carbonyl (C=O) groups excluding carboxylic acids is 1. The molecule has 2 fully saturated rings. The van der Waals surface area contributed by atoms with Crippen molar-refractivity contribution in [1.82, 2.24) is 24.8 Å². The van der Waals surface area contributed by atoms with Gasteiger partial charge in [-0.05, 0) is 26.8 Å². The van der Waals surface area contributed by atoms with E-state index in [2.05, 4.69) is 33.9 Å². The second-order valence-corrected chi connectivity index (χ2v) is 7.12. The lowest BCUT2D eigenvalue weighted by atomic mass is 9.86. The predicted octanol–water partition coefficient (Wildman–Crippen LogP) is 0.735. The largest absolute Gasteiger partial charge is 0.377 e. The van der Waals surface area contributed by atoms with Crippen LogP contribution in [0, 0.1) is 0 Å². The smallest absolute Gasteiger partial charge is 0.240 e. The number of likely N-dealkylation sites (tertiary alicyclic amines) is 1. The molecule has 1 amide bonds. The first-order valence-corrected chi connectivity index (χ1v) is 9.08. The summed E-state index contributed by atoms with van der Waals surface area (Å²) in [6.07, 6.45) is 2.55. The maximum atomic E-state index is 12.3. The van der Waals surface area contributed by atoms with E-state index < -0.39 is 0 Å². The lowest BCUT2D eigenvalue weighted by molar-refractivity contribution is -0.130. The molecular weight excluding hydrogens is 322 g/mol. The molecule has 25 heavy (non-hydrogen) atoms. The number of amides is 1. The number of ether oxygens (including phenoxy) is 1. The van der Waals surface area contributed by atoms with Crippen LogP contribution in [0.4, 0.5) is 0 Å². The van der Waals surface area contributed by atoms with E-state index >= 15 is 0 Å². The van der Waals surface area contributed by atoms with E-state index in [-0.39, 0.29) is 11.4 Å². The Morgan fingerprint density at radius 2 is 2.12 bits per heavy atom. The number of methoxy groups -OCH3 is 1. The molecule has 3 heterocycles. The molecule has 2 saturated heterocycles. The molecule has 0 bridgehead atoms. The van der Waals surface area contributed by atoms with Crippen LogP contribution in [-0.4, -0.2) is 83.2 Å². The molecule has 3 rings (SSSR count). The molecule has 1 aromatic rings. The van der Waals surface area contributed by atoms with Crippen molar-refractivity contribution in [3.8, 4) is 0 Å². The molecule has 0 saturated carbocycles. The van der Waals surface area contributed by atoms with Crippen LogP contribution in [0.2, 0.25) is 0 Å². The zero-order valence-electron chi connectivity index (χ0n) is 15.5. The van der Waals surface area contributed by atoms with E-state index in [9.17, 15) is 4.79 Å². The van der Waals surface area contributed by atoms with Crippen molar-refractivity contribution < 1.29 is 14.1 Å². The first-order chi connectivity index (χ1) is 12.1. The van der Waals surface area contributed by atoms with Crippen molar-refractivity contribution in [2.45, 2.75) is 44.9 Å². The van der Waals surface area contributed by atoms with Gasteiger partial charge in [0.15, 0.2) is 5.82 Å². The molecule has 0 N–H and O–H groups in total. The van der Waals surface area contributed by atoms with Gasteiger partial charge in [0, 0.05) is 51.8 Å². The summed E-state index contributed by atoms with van der Waals surface area (Å²) < 4.78 is 10.4. The van der Waals surface area contributed by atoms with E-state index in [1.165, 1.54) is 0 Å². The Kier molecular flexibility index (Phi) is 5.71. The highest BCUT2D eigenvalue weighted by Gasteiger charge is 2.42. The quantitative estimate of drug-likeness (QED) is 0.774. The molecule has 0 unspecified atom stereocenters. The van der Waals surface area contributed by atoms with Gasteiger partial charge in [0.05, 0.1) is 6.54 Å². The van der Waals surface area contributed by atoms with Crippen molar-refractivity contribution in [3.63, 3.8) is 0 Å². The van der Waals surface area contributed by atoms with Crippen molar-refractivity contribution in [3.05, 3.63) is 11.7 Å². The molecule has 0 aliphatic carbocycles. The topological polar surface area (TPSA) is 74.9 Å².